The van der Waals surface area contributed by atoms with E-state index in [1.54, 1.807) is 0 Å². The summed E-state index contributed by atoms with van der Waals surface area (Å²) in [6.07, 6.45) is 0. The first kappa shape index (κ1) is 31.9. The number of hydrogen-bond donors (Lipinski definition) is 0. The fourth-order valence-corrected chi connectivity index (χ4v) is 10.0. The molecule has 0 fully saturated rings. The lowest BCUT2D eigenvalue weighted by atomic mass is 9.65. The van der Waals surface area contributed by atoms with Crippen molar-refractivity contribution >= 4 is 38.9 Å². The minimum atomic E-state index is -0.525. The Labute approximate surface area is 333 Å². The number of aromatic nitrogens is 1. The Bertz CT molecular complexity index is 3080. The van der Waals surface area contributed by atoms with Crippen molar-refractivity contribution in [2.45, 2.75) is 5.41 Å². The van der Waals surface area contributed by atoms with E-state index in [4.69, 9.17) is 0 Å². The summed E-state index contributed by atoms with van der Waals surface area (Å²) in [5, 5.41) is 2.57. The van der Waals surface area contributed by atoms with E-state index in [1.165, 1.54) is 83.1 Å². The van der Waals surface area contributed by atoms with Crippen molar-refractivity contribution in [3.8, 4) is 39.1 Å². The molecule has 12 rings (SSSR count). The maximum atomic E-state index is 2.51. The van der Waals surface area contributed by atoms with Gasteiger partial charge in [0, 0.05) is 29.3 Å². The van der Waals surface area contributed by atoms with Crippen LogP contribution in [0, 0.1) is 0 Å². The van der Waals surface area contributed by atoms with E-state index in [2.05, 4.69) is 228 Å². The Morgan fingerprint density at radius 2 is 0.860 bits per heavy atom. The van der Waals surface area contributed by atoms with E-state index in [-0.39, 0.29) is 1.43 Å². The Morgan fingerprint density at radius 3 is 1.56 bits per heavy atom. The van der Waals surface area contributed by atoms with Gasteiger partial charge in [-0.15, -0.1) is 0 Å². The summed E-state index contributed by atoms with van der Waals surface area (Å²) in [6.45, 7) is 0. The van der Waals surface area contributed by atoms with Crippen molar-refractivity contribution in [1.29, 1.82) is 0 Å². The van der Waals surface area contributed by atoms with Gasteiger partial charge >= 0.3 is 0 Å². The molecule has 1 aromatic heterocycles. The second-order valence-electron chi connectivity index (χ2n) is 15.3. The average molecular weight is 729 g/mol. The van der Waals surface area contributed by atoms with E-state index in [9.17, 15) is 0 Å². The molecule has 57 heavy (non-hydrogen) atoms. The van der Waals surface area contributed by atoms with E-state index in [0.29, 0.717) is 0 Å². The zero-order valence-corrected chi connectivity index (χ0v) is 31.2. The number of nitrogens with zero attached hydrogens (tertiary/aromatic N) is 2. The van der Waals surface area contributed by atoms with Crippen molar-refractivity contribution in [2.75, 3.05) is 4.90 Å². The fraction of sp³-hybridized carbons (Fsp3) is 0.0182. The molecule has 0 saturated carbocycles. The quantitative estimate of drug-likeness (QED) is 0.171. The van der Waals surface area contributed by atoms with E-state index in [0.717, 1.165) is 17.1 Å². The molecule has 0 amide bonds. The minimum absolute atomic E-state index is 0. The SMILES string of the molecule is [3HH].c1ccc(-c2ccc(N(c3ccc(-c4ccccc4)cc3)c3ccc4c(c3)C3(c5ccccc5-4)c4ccccc4-n4c5ccccc5c5cccc3c54)cc2)cc1. The highest BCUT2D eigenvalue weighted by Crippen LogP contribution is 2.61. The van der Waals surface area contributed by atoms with Crippen molar-refractivity contribution in [3.63, 3.8) is 0 Å². The predicted octanol–water partition coefficient (Wildman–Crippen LogP) is 14.5. The lowest BCUT2D eigenvalue weighted by Gasteiger charge is -2.40. The molecule has 2 heteroatoms. The summed E-state index contributed by atoms with van der Waals surface area (Å²) in [4.78, 5) is 2.42. The fourth-order valence-electron chi connectivity index (χ4n) is 10.0. The molecule has 1 aliphatic heterocycles. The molecule has 9 aromatic carbocycles. The third-order valence-corrected chi connectivity index (χ3v) is 12.4. The largest absolute Gasteiger partial charge is 0.310 e. The summed E-state index contributed by atoms with van der Waals surface area (Å²) in [5.41, 5.74) is 19.2. The molecular formula is C55H38N2. The van der Waals surface area contributed by atoms with Crippen LogP contribution in [0.15, 0.2) is 218 Å². The van der Waals surface area contributed by atoms with Crippen molar-refractivity contribution in [1.82, 2.24) is 4.57 Å². The van der Waals surface area contributed by atoms with Crippen molar-refractivity contribution in [3.05, 3.63) is 241 Å². The van der Waals surface area contributed by atoms with Crippen molar-refractivity contribution < 1.29 is 1.43 Å². The molecule has 1 atom stereocenters. The van der Waals surface area contributed by atoms with Crippen LogP contribution in [0.4, 0.5) is 17.1 Å². The zero-order valence-electron chi connectivity index (χ0n) is 31.2. The minimum Gasteiger partial charge on any atom is -0.310 e. The van der Waals surface area contributed by atoms with Gasteiger partial charge in [-0.1, -0.05) is 170 Å². The Kier molecular flexibility index (Phi) is 6.88. The summed E-state index contributed by atoms with van der Waals surface area (Å²) in [5.74, 6) is 0. The molecule has 10 aromatic rings. The van der Waals surface area contributed by atoms with Gasteiger partial charge in [-0.3, -0.25) is 0 Å². The van der Waals surface area contributed by atoms with Gasteiger partial charge in [-0.2, -0.15) is 0 Å². The molecule has 1 unspecified atom stereocenters. The van der Waals surface area contributed by atoms with Crippen LogP contribution in [0.5, 0.6) is 0 Å². The Balaban J connectivity index is 0.00000385. The highest BCUT2D eigenvalue weighted by atomic mass is 15.1. The molecule has 2 heterocycles. The number of benzene rings is 9. The van der Waals surface area contributed by atoms with Gasteiger partial charge in [0.15, 0.2) is 0 Å². The van der Waals surface area contributed by atoms with Gasteiger partial charge < -0.3 is 9.47 Å². The summed E-state index contributed by atoms with van der Waals surface area (Å²) >= 11 is 0. The number of fused-ring (bicyclic) bond motifs is 12. The van der Waals surface area contributed by atoms with Gasteiger partial charge in [0.2, 0.25) is 0 Å². The van der Waals surface area contributed by atoms with Crippen LogP contribution in [0.25, 0.3) is 60.9 Å². The first-order valence-electron chi connectivity index (χ1n) is 19.8. The Morgan fingerprint density at radius 1 is 0.351 bits per heavy atom. The zero-order chi connectivity index (χ0) is 37.5. The number of rotatable bonds is 5. The predicted molar refractivity (Wildman–Crippen MR) is 239 cm³/mol. The summed E-state index contributed by atoms with van der Waals surface area (Å²) < 4.78 is 2.51. The molecule has 2 nitrogen and oxygen atoms in total. The molecule has 0 N–H and O–H groups in total. The topological polar surface area (TPSA) is 8.17 Å². The first-order valence-corrected chi connectivity index (χ1v) is 19.8. The van der Waals surface area contributed by atoms with Crippen LogP contribution < -0.4 is 4.90 Å². The van der Waals surface area contributed by atoms with Crippen LogP contribution in [0.1, 0.15) is 23.7 Å². The average Bonchev–Trinajstić information content (AvgIpc) is 3.78. The second-order valence-corrected chi connectivity index (χ2v) is 15.3. The smallest absolute Gasteiger partial charge is 0.0755 e. The number of para-hydroxylation sites is 3. The highest BCUT2D eigenvalue weighted by molar-refractivity contribution is 6.13. The first-order chi connectivity index (χ1) is 28.3. The Hall–Kier alpha value is -7.42. The summed E-state index contributed by atoms with van der Waals surface area (Å²) in [7, 11) is 0. The molecule has 1 aliphatic carbocycles. The molecule has 0 saturated heterocycles. The molecular weight excluding hydrogens is 689 g/mol. The van der Waals surface area contributed by atoms with Gasteiger partial charge in [-0.05, 0) is 104 Å². The third-order valence-electron chi connectivity index (χ3n) is 12.4. The maximum absolute atomic E-state index is 2.51. The monoisotopic (exact) mass is 728 g/mol. The lowest BCUT2D eigenvalue weighted by Crippen LogP contribution is -2.33. The van der Waals surface area contributed by atoms with E-state index < -0.39 is 5.41 Å². The van der Waals surface area contributed by atoms with Gasteiger partial charge in [0.05, 0.1) is 22.1 Å². The maximum Gasteiger partial charge on any atom is 0.0755 e. The summed E-state index contributed by atoms with van der Waals surface area (Å²) in [6, 6.07) is 80.5. The van der Waals surface area contributed by atoms with Crippen LogP contribution >= 0.6 is 0 Å². The molecule has 0 bridgehead atoms. The van der Waals surface area contributed by atoms with Crippen molar-refractivity contribution in [2.24, 2.45) is 0 Å². The lowest BCUT2D eigenvalue weighted by molar-refractivity contribution is 0.748. The normalized spacial score (nSPS) is 14.7. The van der Waals surface area contributed by atoms with Crippen LogP contribution in [0.3, 0.4) is 0 Å². The molecule has 1 spiro atoms. The van der Waals surface area contributed by atoms with Crippen LogP contribution in [-0.2, 0) is 5.41 Å². The van der Waals surface area contributed by atoms with Gasteiger partial charge in [-0.25, -0.2) is 0 Å². The van der Waals surface area contributed by atoms with E-state index in [1.807, 2.05) is 0 Å². The standard InChI is InChI=1S/C55H36N2.H2/c1-3-14-37(15-4-1)39-26-30-41(31-27-39)56(42-32-28-40(29-33-42)38-16-5-2-6-17-38)43-34-35-45-44-18-7-9-21-48(44)55(51(45)36-43)49-22-10-12-25-53(49)57-52-24-11-8-19-46(52)47-20-13-23-50(55)54(47)57;/h1-36H;1H/i;1+2. The molecule has 268 valence electrons. The second kappa shape index (κ2) is 12.3. The van der Waals surface area contributed by atoms with Gasteiger partial charge in [0.1, 0.15) is 0 Å². The van der Waals surface area contributed by atoms with Gasteiger partial charge in [0.25, 0.3) is 0 Å². The molecule has 2 aliphatic rings. The van der Waals surface area contributed by atoms with E-state index >= 15 is 0 Å². The van der Waals surface area contributed by atoms with Crippen LogP contribution in [-0.4, -0.2) is 4.57 Å². The number of hydrogen-bond acceptors (Lipinski definition) is 1. The highest BCUT2D eigenvalue weighted by Gasteiger charge is 2.51. The molecule has 0 radical (unpaired) electrons. The third kappa shape index (κ3) is 4.53. The van der Waals surface area contributed by atoms with Crippen LogP contribution in [0.2, 0.25) is 0 Å². The number of anilines is 3.